The number of guanidine groups is 1. The van der Waals surface area contributed by atoms with Gasteiger partial charge in [-0.1, -0.05) is 19.4 Å². The molecule has 1 aromatic rings. The van der Waals surface area contributed by atoms with Crippen LogP contribution in [0.4, 0.5) is 0 Å². The summed E-state index contributed by atoms with van der Waals surface area (Å²) < 4.78 is 0. The number of carboxylic acid groups (broad SMARTS) is 1. The van der Waals surface area contributed by atoms with Crippen molar-refractivity contribution in [1.29, 1.82) is 5.41 Å². The molecule has 0 aromatic carbocycles. The fourth-order valence-corrected chi connectivity index (χ4v) is 7.96. The number of Topliss-reactive ketones (excluding diaryl/α,β-unsaturated/α-hetero) is 1. The third-order valence-corrected chi connectivity index (χ3v) is 12.2. The van der Waals surface area contributed by atoms with E-state index < -0.39 is 115 Å². The van der Waals surface area contributed by atoms with Gasteiger partial charge in [0.25, 0.3) is 0 Å². The average molecular weight is 1050 g/mol. The van der Waals surface area contributed by atoms with E-state index in [4.69, 9.17) is 39.8 Å². The molecule has 2 heterocycles. The molecule has 0 saturated carbocycles. The van der Waals surface area contributed by atoms with E-state index in [1.165, 1.54) is 23.5 Å². The number of carbonyl (C=O) groups is 9. The molecule has 74 heavy (non-hydrogen) atoms. The number of carboxylic acids is 1. The first-order valence-corrected chi connectivity index (χ1v) is 25.1. The highest BCUT2D eigenvalue weighted by Gasteiger charge is 2.40. The Labute approximate surface area is 430 Å². The van der Waals surface area contributed by atoms with Crippen LogP contribution in [-0.2, 0) is 49.6 Å². The molecule has 1 saturated heterocycles. The van der Waals surface area contributed by atoms with Gasteiger partial charge in [0.1, 0.15) is 30.2 Å². The molecule has 28 nitrogen and oxygen atoms in total. The highest BCUT2D eigenvalue weighted by molar-refractivity contribution is 5.98. The van der Waals surface area contributed by atoms with Crippen molar-refractivity contribution in [3.8, 4) is 0 Å². The second kappa shape index (κ2) is 34.8. The molecule has 0 aliphatic carbocycles. The SMILES string of the molecule is CC[C@H](NC(=O)[C@@H](NC(=O)[C@@H](N)CCCCN)[C@@H](O)CN)C(=O)NCC(=O)N[C@H](CCCN)C(=O)N1CCC[C@H]1C(=O)N[C@@H](Cc1cnc[nH]1)C(=O)N[C@@H](CCCCN)C(=O)CC/C(=C\CCNC(=N)N)C(=O)O. The van der Waals surface area contributed by atoms with Gasteiger partial charge < -0.3 is 91.7 Å². The Hall–Kier alpha value is -6.59. The van der Waals surface area contributed by atoms with E-state index in [0.29, 0.717) is 50.9 Å². The number of amides is 7. The minimum Gasteiger partial charge on any atom is -0.478 e. The van der Waals surface area contributed by atoms with Gasteiger partial charge in [-0.2, -0.15) is 0 Å². The summed E-state index contributed by atoms with van der Waals surface area (Å²) in [5.74, 6) is -7.21. The number of hydrogen-bond donors (Lipinski definition) is 17. The number of aromatic amines is 1. The minimum atomic E-state index is -1.56. The summed E-state index contributed by atoms with van der Waals surface area (Å²) in [7, 11) is 0. The summed E-state index contributed by atoms with van der Waals surface area (Å²) >= 11 is 0. The van der Waals surface area contributed by atoms with Gasteiger partial charge in [-0.15, -0.1) is 0 Å². The highest BCUT2D eigenvalue weighted by Crippen LogP contribution is 2.21. The second-order valence-electron chi connectivity index (χ2n) is 17.9. The highest BCUT2D eigenvalue weighted by atomic mass is 16.4. The van der Waals surface area contributed by atoms with E-state index in [0.717, 1.165) is 0 Å². The predicted molar refractivity (Wildman–Crippen MR) is 272 cm³/mol. The number of hydrogen-bond acceptors (Lipinski definition) is 17. The molecule has 1 aromatic heterocycles. The number of aliphatic hydroxyl groups is 1. The standard InChI is InChI=1S/C46H81N17O11/c1-2-30(59-43(71)38(36(65)23-50)62-39(67)29(51)11-3-5-17-47)40(68)56-25-37(66)58-32(13-7-19-49)44(72)63-21-9-14-34(63)42(70)61-33(22-28-24-54-26-57-28)41(69)60-31(12-4-6-18-48)35(64)16-15-27(45(73)74)10-8-20-55-46(52)53/h10,24,26,29-34,36,38,65H,2-9,11-23,25,47-51H2,1H3,(H,54,57)(H,56,68)(H,58,66)(H,59,71)(H,60,69)(H,61,70)(H,62,67)(H,73,74)(H4,52,53,55)/b27-10+/t29-,30-,31-,32+,33-,34-,36-,38-/m0/s1. The Kier molecular flexibility index (Phi) is 29.8. The number of rotatable bonds is 37. The van der Waals surface area contributed by atoms with Crippen molar-refractivity contribution in [3.63, 3.8) is 0 Å². The van der Waals surface area contributed by atoms with Crippen molar-refractivity contribution in [3.05, 3.63) is 29.9 Å². The van der Waals surface area contributed by atoms with Crippen molar-refractivity contribution in [1.82, 2.24) is 52.1 Å². The van der Waals surface area contributed by atoms with E-state index in [2.05, 4.69) is 47.2 Å². The number of ketones is 1. The molecule has 0 radical (unpaired) electrons. The van der Waals surface area contributed by atoms with Crippen molar-refractivity contribution < 1.29 is 53.4 Å². The van der Waals surface area contributed by atoms with Gasteiger partial charge in [0.05, 0.1) is 31.1 Å². The number of aliphatic hydroxyl groups excluding tert-OH is 1. The fraction of sp³-hybridized carbons (Fsp3) is 0.674. The maximum absolute atomic E-state index is 14.2. The van der Waals surface area contributed by atoms with E-state index in [-0.39, 0.29) is 95.4 Å². The van der Waals surface area contributed by atoms with Crippen LogP contribution in [0.3, 0.4) is 0 Å². The lowest BCUT2D eigenvalue weighted by atomic mass is 9.98. The summed E-state index contributed by atoms with van der Waals surface area (Å²) in [5.41, 5.74) is 34.2. The Balaban J connectivity index is 2.20. The second-order valence-corrected chi connectivity index (χ2v) is 17.9. The van der Waals surface area contributed by atoms with Crippen molar-refractivity contribution in [2.45, 2.75) is 152 Å². The molecule has 8 atom stereocenters. The van der Waals surface area contributed by atoms with Gasteiger partial charge in [0, 0.05) is 49.9 Å². The van der Waals surface area contributed by atoms with E-state index in [9.17, 15) is 53.4 Å². The third kappa shape index (κ3) is 22.7. The molecule has 416 valence electrons. The first-order valence-electron chi connectivity index (χ1n) is 25.1. The zero-order valence-corrected chi connectivity index (χ0v) is 42.3. The minimum absolute atomic E-state index is 0.0299. The first-order chi connectivity index (χ1) is 35.3. The zero-order valence-electron chi connectivity index (χ0n) is 42.3. The van der Waals surface area contributed by atoms with Gasteiger partial charge in [-0.05, 0) is 96.7 Å². The molecule has 0 bridgehead atoms. The Morgan fingerprint density at radius 1 is 0.811 bits per heavy atom. The number of aromatic nitrogens is 2. The van der Waals surface area contributed by atoms with Crippen LogP contribution in [0.5, 0.6) is 0 Å². The van der Waals surface area contributed by atoms with E-state index >= 15 is 0 Å². The third-order valence-electron chi connectivity index (χ3n) is 12.2. The van der Waals surface area contributed by atoms with Crippen LogP contribution in [0.1, 0.15) is 103 Å². The van der Waals surface area contributed by atoms with Crippen LogP contribution in [0.25, 0.3) is 0 Å². The van der Waals surface area contributed by atoms with Gasteiger partial charge in [0.15, 0.2) is 11.7 Å². The number of H-pyrrole nitrogens is 1. The van der Waals surface area contributed by atoms with Crippen LogP contribution in [0.15, 0.2) is 24.2 Å². The largest absolute Gasteiger partial charge is 0.478 e. The topological polar surface area (TPSA) is 490 Å². The lowest BCUT2D eigenvalue weighted by Gasteiger charge is -2.30. The monoisotopic (exact) mass is 1050 g/mol. The number of nitrogens with one attached hydrogen (secondary N) is 9. The number of nitrogens with zero attached hydrogens (tertiary/aromatic N) is 2. The Bertz CT molecular complexity index is 2020. The number of carbonyl (C=O) groups excluding carboxylic acids is 8. The summed E-state index contributed by atoms with van der Waals surface area (Å²) in [5, 5.41) is 45.4. The summed E-state index contributed by atoms with van der Waals surface area (Å²) in [6.07, 6.45) is 6.07. The summed E-state index contributed by atoms with van der Waals surface area (Å²) in [6.45, 7) is 1.72. The predicted octanol–water partition coefficient (Wildman–Crippen LogP) is -5.23. The molecule has 1 fully saturated rings. The normalized spacial score (nSPS) is 16.3. The first kappa shape index (κ1) is 63.5. The van der Waals surface area contributed by atoms with Crippen LogP contribution in [-0.4, -0.2) is 178 Å². The summed E-state index contributed by atoms with van der Waals surface area (Å²) in [6, 6.07) is -8.42. The molecule has 2 rings (SSSR count). The molecule has 0 unspecified atom stereocenters. The lowest BCUT2D eigenvalue weighted by Crippen LogP contribution is -2.61. The number of nitrogens with two attached hydrogens (primary N) is 6. The van der Waals surface area contributed by atoms with Crippen molar-refractivity contribution >= 4 is 59.1 Å². The van der Waals surface area contributed by atoms with Crippen LogP contribution >= 0.6 is 0 Å². The van der Waals surface area contributed by atoms with E-state index in [1.807, 2.05) is 0 Å². The summed E-state index contributed by atoms with van der Waals surface area (Å²) in [4.78, 5) is 129. The average Bonchev–Trinajstić information content (AvgIpc) is 4.09. The Morgan fingerprint density at radius 3 is 2.08 bits per heavy atom. The van der Waals surface area contributed by atoms with Gasteiger partial charge in [0.2, 0.25) is 41.4 Å². The molecule has 0 spiro atoms. The molecular weight excluding hydrogens is 967 g/mol. The molecule has 1 aliphatic heterocycles. The van der Waals surface area contributed by atoms with Crippen molar-refractivity contribution in [2.24, 2.45) is 34.4 Å². The van der Waals surface area contributed by atoms with E-state index in [1.54, 1.807) is 6.92 Å². The number of aliphatic carboxylic acids is 1. The van der Waals surface area contributed by atoms with Crippen LogP contribution < -0.4 is 71.6 Å². The fourth-order valence-electron chi connectivity index (χ4n) is 7.96. The van der Waals surface area contributed by atoms with Crippen molar-refractivity contribution in [2.75, 3.05) is 45.8 Å². The molecule has 28 heteroatoms. The quantitative estimate of drug-likeness (QED) is 0.0128. The smallest absolute Gasteiger partial charge is 0.331 e. The lowest BCUT2D eigenvalue weighted by molar-refractivity contribution is -0.142. The molecule has 1 aliphatic rings. The number of imidazole rings is 1. The van der Waals surface area contributed by atoms with Gasteiger partial charge in [-0.3, -0.25) is 43.8 Å². The molecule has 23 N–H and O–H groups in total. The molecular formula is C46H81N17O11. The van der Waals surface area contributed by atoms with Crippen LogP contribution in [0, 0.1) is 5.41 Å². The van der Waals surface area contributed by atoms with Gasteiger partial charge >= 0.3 is 5.97 Å². The Morgan fingerprint density at radius 2 is 1.47 bits per heavy atom. The number of unbranched alkanes of at least 4 members (excludes halogenated alkanes) is 2. The van der Waals surface area contributed by atoms with Gasteiger partial charge in [-0.25, -0.2) is 9.78 Å². The molecule has 7 amide bonds. The maximum atomic E-state index is 14.2. The zero-order chi connectivity index (χ0) is 55.2. The van der Waals surface area contributed by atoms with Crippen LogP contribution in [0.2, 0.25) is 0 Å². The number of likely N-dealkylation sites (tertiary alicyclic amines) is 1. The maximum Gasteiger partial charge on any atom is 0.331 e.